The molecule has 20 heavy (non-hydrogen) atoms. The minimum Gasteiger partial charge on any atom is -0.398 e. The summed E-state index contributed by atoms with van der Waals surface area (Å²) >= 11 is 2.86. The minimum absolute atomic E-state index is 0.00939. The van der Waals surface area contributed by atoms with E-state index in [-0.39, 0.29) is 17.5 Å². The number of rotatable bonds is 5. The van der Waals surface area contributed by atoms with E-state index in [1.165, 1.54) is 30.0 Å². The molecule has 3 nitrogen and oxygen atoms in total. The summed E-state index contributed by atoms with van der Waals surface area (Å²) < 4.78 is 13.1. The average molecular weight is 310 g/mol. The fourth-order valence-corrected chi connectivity index (χ4v) is 3.22. The van der Waals surface area contributed by atoms with E-state index < -0.39 is 0 Å². The molecule has 0 saturated carbocycles. The molecule has 0 aliphatic heterocycles. The van der Waals surface area contributed by atoms with Crippen LogP contribution in [0, 0.1) is 5.82 Å². The van der Waals surface area contributed by atoms with Gasteiger partial charge in [0.2, 0.25) is 5.91 Å². The number of halogens is 1. The Morgan fingerprint density at radius 3 is 2.95 bits per heavy atom. The van der Waals surface area contributed by atoms with Crippen molar-refractivity contribution < 1.29 is 9.18 Å². The van der Waals surface area contributed by atoms with Crippen molar-refractivity contribution in [3.05, 3.63) is 46.4 Å². The molecule has 2 N–H and O–H groups in total. The lowest BCUT2D eigenvalue weighted by molar-refractivity contribution is -0.127. The summed E-state index contributed by atoms with van der Waals surface area (Å²) in [6.45, 7) is 0.585. The first-order chi connectivity index (χ1) is 9.56. The maximum Gasteiger partial charge on any atom is 0.232 e. The summed E-state index contributed by atoms with van der Waals surface area (Å²) in [6.07, 6.45) is 0. The average Bonchev–Trinajstić information content (AvgIpc) is 2.92. The number of benzene rings is 1. The van der Waals surface area contributed by atoms with Crippen molar-refractivity contribution in [1.29, 1.82) is 0 Å². The zero-order valence-corrected chi connectivity index (χ0v) is 12.6. The summed E-state index contributed by atoms with van der Waals surface area (Å²) in [5.41, 5.74) is 7.35. The zero-order chi connectivity index (χ0) is 14.5. The summed E-state index contributed by atoms with van der Waals surface area (Å²) in [5, 5.41) is 4.00. The minimum atomic E-state index is -0.347. The Balaban J connectivity index is 1.89. The van der Waals surface area contributed by atoms with Crippen LogP contribution in [0.4, 0.5) is 10.1 Å². The molecule has 1 amide bonds. The van der Waals surface area contributed by atoms with Crippen molar-refractivity contribution in [2.75, 3.05) is 18.5 Å². The smallest absolute Gasteiger partial charge is 0.232 e. The first kappa shape index (κ1) is 14.9. The standard InChI is InChI=1S/C14H15FN2OS2/c1-17(7-10-4-5-19-8-10)14(18)9-20-13-6-11(15)2-3-12(13)16/h2-6,8H,7,9,16H2,1H3. The molecule has 2 aromatic rings. The highest BCUT2D eigenvalue weighted by Gasteiger charge is 2.11. The molecular formula is C14H15FN2OS2. The van der Waals surface area contributed by atoms with Crippen LogP contribution in [0.1, 0.15) is 5.56 Å². The molecule has 0 spiro atoms. The van der Waals surface area contributed by atoms with Crippen LogP contribution in [0.3, 0.4) is 0 Å². The Hall–Kier alpha value is -1.53. The number of hydrogen-bond donors (Lipinski definition) is 1. The van der Waals surface area contributed by atoms with E-state index in [1.807, 2.05) is 16.8 Å². The highest BCUT2D eigenvalue weighted by molar-refractivity contribution is 8.00. The Kier molecular flexibility index (Phi) is 5.03. The van der Waals surface area contributed by atoms with Gasteiger partial charge in [0.15, 0.2) is 0 Å². The molecule has 6 heteroatoms. The molecule has 0 unspecified atom stereocenters. The van der Waals surface area contributed by atoms with Gasteiger partial charge in [-0.25, -0.2) is 4.39 Å². The van der Waals surface area contributed by atoms with Gasteiger partial charge in [0.1, 0.15) is 5.82 Å². The molecule has 1 heterocycles. The Morgan fingerprint density at radius 2 is 2.25 bits per heavy atom. The van der Waals surface area contributed by atoms with Crippen molar-refractivity contribution in [2.45, 2.75) is 11.4 Å². The lowest BCUT2D eigenvalue weighted by Crippen LogP contribution is -2.27. The van der Waals surface area contributed by atoms with Crippen LogP contribution in [-0.4, -0.2) is 23.6 Å². The van der Waals surface area contributed by atoms with Crippen molar-refractivity contribution >= 4 is 34.7 Å². The molecular weight excluding hydrogens is 295 g/mol. The van der Waals surface area contributed by atoms with Gasteiger partial charge in [0, 0.05) is 24.2 Å². The molecule has 2 rings (SSSR count). The first-order valence-corrected chi connectivity index (χ1v) is 7.92. The SMILES string of the molecule is CN(Cc1ccsc1)C(=O)CSc1cc(F)ccc1N. The number of carbonyl (C=O) groups excluding carboxylic acids is 1. The monoisotopic (exact) mass is 310 g/mol. The third-order valence-electron chi connectivity index (χ3n) is 2.75. The number of nitrogens with two attached hydrogens (primary N) is 1. The fraction of sp³-hybridized carbons (Fsp3) is 0.214. The van der Waals surface area contributed by atoms with E-state index in [9.17, 15) is 9.18 Å². The molecule has 0 saturated heterocycles. The van der Waals surface area contributed by atoms with Crippen LogP contribution in [0.5, 0.6) is 0 Å². The molecule has 1 aromatic carbocycles. The predicted octanol–water partition coefficient (Wildman–Crippen LogP) is 3.22. The predicted molar refractivity (Wildman–Crippen MR) is 82.3 cm³/mol. The summed E-state index contributed by atoms with van der Waals surface area (Å²) in [5.74, 6) is -0.112. The van der Waals surface area contributed by atoms with Gasteiger partial charge < -0.3 is 10.6 Å². The van der Waals surface area contributed by atoms with Crippen LogP contribution in [-0.2, 0) is 11.3 Å². The molecule has 0 radical (unpaired) electrons. The van der Waals surface area contributed by atoms with Crippen LogP contribution >= 0.6 is 23.1 Å². The molecule has 0 aliphatic carbocycles. The second kappa shape index (κ2) is 6.76. The van der Waals surface area contributed by atoms with Gasteiger partial charge in [-0.15, -0.1) is 11.8 Å². The molecule has 0 atom stereocenters. The molecule has 106 valence electrons. The number of nitrogens with zero attached hydrogens (tertiary/aromatic N) is 1. The lowest BCUT2D eigenvalue weighted by atomic mass is 10.3. The van der Waals surface area contributed by atoms with E-state index in [4.69, 9.17) is 5.73 Å². The number of amides is 1. The largest absolute Gasteiger partial charge is 0.398 e. The number of thiophene rings is 1. The number of hydrogen-bond acceptors (Lipinski definition) is 4. The topological polar surface area (TPSA) is 46.3 Å². The van der Waals surface area contributed by atoms with Crippen molar-refractivity contribution in [1.82, 2.24) is 4.90 Å². The number of carbonyl (C=O) groups is 1. The van der Waals surface area contributed by atoms with Gasteiger partial charge in [-0.3, -0.25) is 4.79 Å². The van der Waals surface area contributed by atoms with Crippen LogP contribution in [0.2, 0.25) is 0 Å². The lowest BCUT2D eigenvalue weighted by Gasteiger charge is -2.16. The number of nitrogen functional groups attached to an aromatic ring is 1. The van der Waals surface area contributed by atoms with Crippen molar-refractivity contribution in [3.63, 3.8) is 0 Å². The van der Waals surface area contributed by atoms with Crippen LogP contribution < -0.4 is 5.73 Å². The van der Waals surface area contributed by atoms with E-state index in [1.54, 1.807) is 23.3 Å². The highest BCUT2D eigenvalue weighted by Crippen LogP contribution is 2.26. The van der Waals surface area contributed by atoms with Gasteiger partial charge in [-0.05, 0) is 40.6 Å². The maximum absolute atomic E-state index is 13.1. The second-order valence-electron chi connectivity index (χ2n) is 4.35. The van der Waals surface area contributed by atoms with Crippen LogP contribution in [0.15, 0.2) is 39.9 Å². The van der Waals surface area contributed by atoms with Crippen LogP contribution in [0.25, 0.3) is 0 Å². The molecule has 0 bridgehead atoms. The Bertz CT molecular complexity index is 587. The number of thioether (sulfide) groups is 1. The van der Waals surface area contributed by atoms with Gasteiger partial charge in [-0.2, -0.15) is 11.3 Å². The quantitative estimate of drug-likeness (QED) is 0.681. The maximum atomic E-state index is 13.1. The Labute approximate surface area is 125 Å². The highest BCUT2D eigenvalue weighted by atomic mass is 32.2. The molecule has 1 aromatic heterocycles. The van der Waals surface area contributed by atoms with Crippen molar-refractivity contribution in [3.8, 4) is 0 Å². The van der Waals surface area contributed by atoms with E-state index in [0.29, 0.717) is 17.1 Å². The Morgan fingerprint density at radius 1 is 1.45 bits per heavy atom. The van der Waals surface area contributed by atoms with E-state index >= 15 is 0 Å². The number of anilines is 1. The normalized spacial score (nSPS) is 10.5. The first-order valence-electron chi connectivity index (χ1n) is 5.99. The zero-order valence-electron chi connectivity index (χ0n) is 11.0. The fourth-order valence-electron chi connectivity index (χ4n) is 1.63. The van der Waals surface area contributed by atoms with E-state index in [0.717, 1.165) is 5.56 Å². The van der Waals surface area contributed by atoms with Crippen molar-refractivity contribution in [2.24, 2.45) is 0 Å². The summed E-state index contributed by atoms with van der Waals surface area (Å²) in [4.78, 5) is 14.3. The summed E-state index contributed by atoms with van der Waals surface area (Å²) in [7, 11) is 1.76. The van der Waals surface area contributed by atoms with Gasteiger partial charge in [0.05, 0.1) is 5.75 Å². The van der Waals surface area contributed by atoms with E-state index in [2.05, 4.69) is 0 Å². The second-order valence-corrected chi connectivity index (χ2v) is 6.15. The van der Waals surface area contributed by atoms with Gasteiger partial charge in [-0.1, -0.05) is 0 Å². The van der Waals surface area contributed by atoms with Gasteiger partial charge >= 0.3 is 0 Å². The molecule has 0 aliphatic rings. The third-order valence-corrected chi connectivity index (χ3v) is 4.54. The molecule has 0 fully saturated rings. The summed E-state index contributed by atoms with van der Waals surface area (Å²) in [6, 6.07) is 6.17. The third kappa shape index (κ3) is 3.98. The van der Waals surface area contributed by atoms with Gasteiger partial charge in [0.25, 0.3) is 0 Å².